The molecule has 0 amide bonds. The van der Waals surface area contributed by atoms with E-state index in [0.29, 0.717) is 49.7 Å². The van der Waals surface area contributed by atoms with Crippen LogP contribution in [-0.2, 0) is 6.54 Å². The summed E-state index contributed by atoms with van der Waals surface area (Å²) in [7, 11) is 1.47. The van der Waals surface area contributed by atoms with Crippen LogP contribution in [-0.4, -0.2) is 55.4 Å². The Kier molecular flexibility index (Phi) is 9.92. The molecule has 148 valence electrons. The molecule has 2 N–H and O–H groups in total. The van der Waals surface area contributed by atoms with E-state index in [2.05, 4.69) is 19.9 Å². The standard InChI is InChI=1S/C17H25F2N3O3.HI/c1-3-20-17(22-8-6-13(23)7-9-22)21-11-12-4-5-14(24-2)10-15(12)25-16(18)19;/h4-5,10,13,16,23H,3,6-9,11H2,1-2H3,(H,20,21);1H. The molecule has 0 radical (unpaired) electrons. The second-order valence-corrected chi connectivity index (χ2v) is 5.74. The van der Waals surface area contributed by atoms with Crippen LogP contribution in [0.5, 0.6) is 11.5 Å². The summed E-state index contributed by atoms with van der Waals surface area (Å²) in [6.45, 7) is 1.36. The van der Waals surface area contributed by atoms with Gasteiger partial charge in [-0.05, 0) is 31.9 Å². The van der Waals surface area contributed by atoms with Crippen molar-refractivity contribution >= 4 is 29.9 Å². The normalized spacial score (nSPS) is 15.6. The molecular weight excluding hydrogens is 459 g/mol. The summed E-state index contributed by atoms with van der Waals surface area (Å²) in [6.07, 6.45) is 1.10. The first kappa shape index (κ1) is 22.7. The van der Waals surface area contributed by atoms with E-state index in [0.717, 1.165) is 0 Å². The van der Waals surface area contributed by atoms with Crippen LogP contribution in [0.4, 0.5) is 8.78 Å². The predicted molar refractivity (Wildman–Crippen MR) is 107 cm³/mol. The summed E-state index contributed by atoms with van der Waals surface area (Å²) in [5.74, 6) is 1.21. The van der Waals surface area contributed by atoms with E-state index in [1.54, 1.807) is 12.1 Å². The molecule has 0 spiro atoms. The number of guanidine groups is 1. The molecule has 0 aromatic heterocycles. The van der Waals surface area contributed by atoms with Crippen molar-refractivity contribution in [3.63, 3.8) is 0 Å². The van der Waals surface area contributed by atoms with Crippen molar-refractivity contribution in [2.45, 2.75) is 39.0 Å². The fraction of sp³-hybridized carbons (Fsp3) is 0.588. The number of aliphatic hydroxyl groups is 1. The minimum atomic E-state index is -2.91. The maximum absolute atomic E-state index is 12.6. The number of aliphatic hydroxyl groups excluding tert-OH is 1. The topological polar surface area (TPSA) is 66.3 Å². The summed E-state index contributed by atoms with van der Waals surface area (Å²) in [6, 6.07) is 4.79. The summed E-state index contributed by atoms with van der Waals surface area (Å²) in [4.78, 5) is 6.60. The number of hydrogen-bond donors (Lipinski definition) is 2. The average molecular weight is 485 g/mol. The zero-order valence-electron chi connectivity index (χ0n) is 15.0. The Balaban J connectivity index is 0.00000338. The second kappa shape index (κ2) is 11.4. The van der Waals surface area contributed by atoms with Crippen LogP contribution >= 0.6 is 24.0 Å². The second-order valence-electron chi connectivity index (χ2n) is 5.74. The Labute approximate surface area is 169 Å². The van der Waals surface area contributed by atoms with E-state index in [4.69, 9.17) is 4.74 Å². The molecular formula is C17H26F2IN3O3. The lowest BCUT2D eigenvalue weighted by Gasteiger charge is -2.32. The van der Waals surface area contributed by atoms with Crippen molar-refractivity contribution in [1.29, 1.82) is 0 Å². The largest absolute Gasteiger partial charge is 0.497 e. The van der Waals surface area contributed by atoms with Gasteiger partial charge in [0.25, 0.3) is 0 Å². The Morgan fingerprint density at radius 1 is 1.38 bits per heavy atom. The maximum atomic E-state index is 12.6. The van der Waals surface area contributed by atoms with Crippen molar-refractivity contribution in [2.24, 2.45) is 4.99 Å². The minimum absolute atomic E-state index is 0. The van der Waals surface area contributed by atoms with E-state index in [1.807, 2.05) is 6.92 Å². The number of nitrogens with zero attached hydrogens (tertiary/aromatic N) is 2. The van der Waals surface area contributed by atoms with Crippen LogP contribution in [0.1, 0.15) is 25.3 Å². The van der Waals surface area contributed by atoms with E-state index >= 15 is 0 Å². The van der Waals surface area contributed by atoms with E-state index in [9.17, 15) is 13.9 Å². The fourth-order valence-corrected chi connectivity index (χ4v) is 2.66. The first-order valence-corrected chi connectivity index (χ1v) is 8.36. The third-order valence-corrected chi connectivity index (χ3v) is 3.99. The van der Waals surface area contributed by atoms with Crippen molar-refractivity contribution in [1.82, 2.24) is 10.2 Å². The molecule has 0 unspecified atom stereocenters. The highest BCUT2D eigenvalue weighted by molar-refractivity contribution is 14.0. The quantitative estimate of drug-likeness (QED) is 0.369. The molecule has 26 heavy (non-hydrogen) atoms. The van der Waals surface area contributed by atoms with Gasteiger partial charge >= 0.3 is 6.61 Å². The van der Waals surface area contributed by atoms with Crippen LogP contribution < -0.4 is 14.8 Å². The van der Waals surface area contributed by atoms with Crippen molar-refractivity contribution in [3.8, 4) is 11.5 Å². The first-order chi connectivity index (χ1) is 12.0. The monoisotopic (exact) mass is 485 g/mol. The summed E-state index contributed by atoms with van der Waals surface area (Å²) in [5, 5.41) is 12.8. The van der Waals surface area contributed by atoms with Crippen molar-refractivity contribution in [3.05, 3.63) is 23.8 Å². The van der Waals surface area contributed by atoms with Crippen LogP contribution in [0.2, 0.25) is 0 Å². The lowest BCUT2D eigenvalue weighted by atomic mass is 10.1. The zero-order chi connectivity index (χ0) is 18.2. The summed E-state index contributed by atoms with van der Waals surface area (Å²) >= 11 is 0. The van der Waals surface area contributed by atoms with Crippen LogP contribution in [0.15, 0.2) is 23.2 Å². The van der Waals surface area contributed by atoms with Crippen LogP contribution in [0.3, 0.4) is 0 Å². The van der Waals surface area contributed by atoms with Crippen molar-refractivity contribution in [2.75, 3.05) is 26.7 Å². The number of nitrogens with one attached hydrogen (secondary N) is 1. The maximum Gasteiger partial charge on any atom is 0.387 e. The van der Waals surface area contributed by atoms with Gasteiger partial charge in [-0.25, -0.2) is 4.99 Å². The highest BCUT2D eigenvalue weighted by Crippen LogP contribution is 2.27. The molecule has 0 aliphatic carbocycles. The first-order valence-electron chi connectivity index (χ1n) is 8.36. The molecule has 2 rings (SSSR count). The van der Waals surface area contributed by atoms with Crippen LogP contribution in [0, 0.1) is 0 Å². The number of hydrogen-bond acceptors (Lipinski definition) is 4. The van der Waals surface area contributed by atoms with Gasteiger partial charge in [-0.2, -0.15) is 8.78 Å². The Morgan fingerprint density at radius 3 is 2.65 bits per heavy atom. The van der Waals surface area contributed by atoms with Crippen LogP contribution in [0.25, 0.3) is 0 Å². The van der Waals surface area contributed by atoms with Gasteiger partial charge in [-0.15, -0.1) is 24.0 Å². The molecule has 1 saturated heterocycles. The van der Waals surface area contributed by atoms with Gasteiger partial charge in [0.1, 0.15) is 11.5 Å². The Morgan fingerprint density at radius 2 is 2.08 bits per heavy atom. The van der Waals surface area contributed by atoms with Gasteiger partial charge in [-0.3, -0.25) is 0 Å². The predicted octanol–water partition coefficient (Wildman–Crippen LogP) is 2.84. The Hall–Kier alpha value is -1.36. The van der Waals surface area contributed by atoms with Gasteiger partial charge in [0, 0.05) is 31.3 Å². The minimum Gasteiger partial charge on any atom is -0.497 e. The third-order valence-electron chi connectivity index (χ3n) is 3.99. The molecule has 0 atom stereocenters. The molecule has 9 heteroatoms. The third kappa shape index (κ3) is 6.75. The smallest absolute Gasteiger partial charge is 0.387 e. The van der Waals surface area contributed by atoms with E-state index in [1.165, 1.54) is 13.2 Å². The van der Waals surface area contributed by atoms with Gasteiger partial charge in [0.15, 0.2) is 5.96 Å². The van der Waals surface area contributed by atoms with Gasteiger partial charge < -0.3 is 24.8 Å². The molecule has 1 aliphatic heterocycles. The number of aliphatic imine (C=N–C) groups is 1. The molecule has 1 aliphatic rings. The van der Waals surface area contributed by atoms with Crippen molar-refractivity contribution < 1.29 is 23.4 Å². The average Bonchev–Trinajstić information content (AvgIpc) is 2.59. The lowest BCUT2D eigenvalue weighted by molar-refractivity contribution is -0.0505. The van der Waals surface area contributed by atoms with E-state index in [-0.39, 0.29) is 42.4 Å². The SMILES string of the molecule is CCNC(=NCc1ccc(OC)cc1OC(F)F)N1CCC(O)CC1.I. The molecule has 6 nitrogen and oxygen atoms in total. The molecule has 0 bridgehead atoms. The molecule has 1 aromatic rings. The number of benzene rings is 1. The van der Waals surface area contributed by atoms with E-state index < -0.39 is 6.61 Å². The molecule has 1 aromatic carbocycles. The van der Waals surface area contributed by atoms with Gasteiger partial charge in [-0.1, -0.05) is 0 Å². The zero-order valence-corrected chi connectivity index (χ0v) is 17.3. The summed E-state index contributed by atoms with van der Waals surface area (Å²) in [5.41, 5.74) is 0.550. The number of rotatable bonds is 6. The molecule has 1 fully saturated rings. The number of halogens is 3. The molecule has 0 saturated carbocycles. The number of ether oxygens (including phenoxy) is 2. The fourth-order valence-electron chi connectivity index (χ4n) is 2.66. The highest BCUT2D eigenvalue weighted by atomic mass is 127. The number of likely N-dealkylation sites (tertiary alicyclic amines) is 1. The van der Waals surface area contributed by atoms with Gasteiger partial charge in [0.2, 0.25) is 0 Å². The highest BCUT2D eigenvalue weighted by Gasteiger charge is 2.20. The summed E-state index contributed by atoms with van der Waals surface area (Å²) < 4.78 is 34.9. The van der Waals surface area contributed by atoms with Gasteiger partial charge in [0.05, 0.1) is 19.8 Å². The number of methoxy groups -OCH3 is 1. The Bertz CT molecular complexity index is 582. The lowest BCUT2D eigenvalue weighted by Crippen LogP contribution is -2.46. The molecule has 1 heterocycles. The number of piperidine rings is 1. The number of alkyl halides is 2.